The van der Waals surface area contributed by atoms with Crippen LogP contribution in [0.4, 0.5) is 8.78 Å². The number of fused-ring (bicyclic) bond motifs is 1. The van der Waals surface area contributed by atoms with Gasteiger partial charge < -0.3 is 18.3 Å². The van der Waals surface area contributed by atoms with Gasteiger partial charge in [-0.25, -0.2) is 27.4 Å². The normalized spacial score (nSPS) is 11.6. The quantitative estimate of drug-likeness (QED) is 0.294. The topological polar surface area (TPSA) is 58.2 Å². The zero-order chi connectivity index (χ0) is 19.1. The van der Waals surface area contributed by atoms with Gasteiger partial charge in [-0.05, 0) is 23.6 Å². The van der Waals surface area contributed by atoms with Crippen molar-refractivity contribution in [3.05, 3.63) is 63.5 Å². The maximum atomic E-state index is 12.0. The third kappa shape index (κ3) is 7.33. The molecule has 0 fully saturated rings. The molecule has 0 amide bonds. The van der Waals surface area contributed by atoms with Gasteiger partial charge in [0.2, 0.25) is 0 Å². The molecule has 0 aliphatic carbocycles. The molecule has 4 nitrogen and oxygen atoms in total. The minimum Gasteiger partial charge on any atom is -0.854 e. The van der Waals surface area contributed by atoms with E-state index in [0.29, 0.717) is 18.5 Å². The standard InChI is InChI=1S/C18H17NO3.CF2I.U/c1-13(9-10-20)12-19-16-11-15(14-5-3-2-4-6-14)7-8-17(16)22-18(19)21;2-1(3)4;/h3-8,11,13H,9-10,12H2,1H3;;/q-2;-1;+2. The van der Waals surface area contributed by atoms with E-state index in [1.165, 1.54) is 0 Å². The molecule has 142 valence electrons. The number of hydrogen-bond donors (Lipinski definition) is 0. The molecule has 0 spiro atoms. The summed E-state index contributed by atoms with van der Waals surface area (Å²) in [6.07, 6.45) is 0.549. The van der Waals surface area contributed by atoms with Crippen LogP contribution in [0.1, 0.15) is 13.3 Å². The Morgan fingerprint density at radius 1 is 1.26 bits per heavy atom. The van der Waals surface area contributed by atoms with E-state index in [1.807, 2.05) is 49.4 Å². The molecule has 27 heavy (non-hydrogen) atoms. The smallest absolute Gasteiger partial charge is 0.854 e. The van der Waals surface area contributed by atoms with E-state index in [-0.39, 0.29) is 49.4 Å². The van der Waals surface area contributed by atoms with E-state index in [0.717, 1.165) is 39.2 Å². The fourth-order valence-electron chi connectivity index (χ4n) is 2.60. The van der Waals surface area contributed by atoms with Gasteiger partial charge in [0.1, 0.15) is 0 Å². The second-order valence-corrected chi connectivity index (χ2v) is 6.58. The number of nitrogens with zero attached hydrogens (tertiary/aromatic N) is 1. The summed E-state index contributed by atoms with van der Waals surface area (Å²) in [6, 6.07) is 16.4. The Morgan fingerprint density at radius 3 is 2.48 bits per heavy atom. The summed E-state index contributed by atoms with van der Waals surface area (Å²) < 4.78 is 25.8. The number of rotatable bonds is 5. The first-order valence-corrected chi connectivity index (χ1v) is 9.01. The Kier molecular flexibility index (Phi) is 10.8. The van der Waals surface area contributed by atoms with Crippen LogP contribution in [0, 0.1) is 47.5 Å². The number of halogens is 3. The monoisotopic (exact) mass is 710 g/mol. The molecular weight excluding hydrogens is 693 g/mol. The van der Waals surface area contributed by atoms with Crippen molar-refractivity contribution in [1.29, 1.82) is 0 Å². The average molecular weight is 710 g/mol. The van der Waals surface area contributed by atoms with Gasteiger partial charge in [-0.2, -0.15) is 30.3 Å². The van der Waals surface area contributed by atoms with Crippen molar-refractivity contribution in [3.8, 4) is 11.1 Å². The van der Waals surface area contributed by atoms with Gasteiger partial charge in [0, 0.05) is 6.54 Å². The van der Waals surface area contributed by atoms with Crippen LogP contribution < -0.4 is 10.9 Å². The molecule has 1 unspecified atom stereocenters. The van der Waals surface area contributed by atoms with Gasteiger partial charge in [-0.3, -0.25) is 4.57 Å². The molecule has 2 aromatic carbocycles. The Labute approximate surface area is 193 Å². The predicted octanol–water partition coefficient (Wildman–Crippen LogP) is 4.26. The third-order valence-corrected chi connectivity index (χ3v) is 3.82. The van der Waals surface area contributed by atoms with Crippen LogP contribution in [0.25, 0.3) is 22.2 Å². The van der Waals surface area contributed by atoms with Crippen LogP contribution in [0.2, 0.25) is 0 Å². The van der Waals surface area contributed by atoms with E-state index < -0.39 is 4.43 Å². The van der Waals surface area contributed by atoms with Crippen molar-refractivity contribution in [1.82, 2.24) is 4.57 Å². The molecule has 3 aromatic rings. The molecule has 0 aliphatic heterocycles. The summed E-state index contributed by atoms with van der Waals surface area (Å²) >= 11 is 0.927. The second kappa shape index (κ2) is 12.0. The summed E-state index contributed by atoms with van der Waals surface area (Å²) in [5, 5.41) is 10.7. The Balaban J connectivity index is 0.000000666. The molecule has 0 saturated carbocycles. The van der Waals surface area contributed by atoms with Crippen LogP contribution in [-0.2, 0) is 6.54 Å². The van der Waals surface area contributed by atoms with Crippen molar-refractivity contribution in [2.24, 2.45) is 5.92 Å². The maximum absolute atomic E-state index is 12.0. The van der Waals surface area contributed by atoms with Crippen molar-refractivity contribution < 1.29 is 49.4 Å². The molecule has 1 aromatic heterocycles. The maximum Gasteiger partial charge on any atom is 2.00 e. The zero-order valence-electron chi connectivity index (χ0n) is 14.5. The van der Waals surface area contributed by atoms with Crippen LogP contribution in [-0.4, -0.2) is 11.2 Å². The van der Waals surface area contributed by atoms with Crippen molar-refractivity contribution in [2.75, 3.05) is 6.61 Å². The number of aromatic nitrogens is 1. The van der Waals surface area contributed by atoms with Crippen LogP contribution >= 0.6 is 22.6 Å². The second-order valence-electron chi connectivity index (χ2n) is 5.76. The van der Waals surface area contributed by atoms with Gasteiger partial charge in [0.05, 0.1) is 9.95 Å². The van der Waals surface area contributed by atoms with Crippen LogP contribution in [0.3, 0.4) is 0 Å². The fourth-order valence-corrected chi connectivity index (χ4v) is 2.60. The largest absolute Gasteiger partial charge is 2.00 e. The molecule has 0 saturated heterocycles. The van der Waals surface area contributed by atoms with Gasteiger partial charge >= 0.3 is 36.9 Å². The first-order valence-electron chi connectivity index (χ1n) is 7.93. The Morgan fingerprint density at radius 2 is 1.89 bits per heavy atom. The minimum absolute atomic E-state index is 0. The molecule has 0 radical (unpaired) electrons. The summed E-state index contributed by atoms with van der Waals surface area (Å²) in [7, 11) is 0. The zero-order valence-corrected chi connectivity index (χ0v) is 20.9. The molecule has 8 heteroatoms. The van der Waals surface area contributed by atoms with E-state index in [2.05, 4.69) is 6.07 Å². The summed E-state index contributed by atoms with van der Waals surface area (Å²) in [6.45, 7) is 2.34. The van der Waals surface area contributed by atoms with Gasteiger partial charge in [0.15, 0.2) is 5.58 Å². The van der Waals surface area contributed by atoms with E-state index >= 15 is 0 Å². The number of hydrogen-bond acceptors (Lipinski definition) is 3. The van der Waals surface area contributed by atoms with Crippen LogP contribution in [0.15, 0.2) is 51.7 Å². The van der Waals surface area contributed by atoms with Gasteiger partial charge in [-0.1, -0.05) is 19.4 Å². The molecular formula is C19H17F2INO3U-. The Hall–Kier alpha value is -0.688. The summed E-state index contributed by atoms with van der Waals surface area (Å²) in [5.41, 5.74) is 3.43. The van der Waals surface area contributed by atoms with Crippen molar-refractivity contribution in [3.63, 3.8) is 0 Å². The summed E-state index contributed by atoms with van der Waals surface area (Å²) in [4.78, 5) is 12.0. The number of benzene rings is 2. The average Bonchev–Trinajstić information content (AvgIpc) is 2.90. The first kappa shape index (κ1) is 24.3. The van der Waals surface area contributed by atoms with Crippen molar-refractivity contribution >= 4 is 33.7 Å². The van der Waals surface area contributed by atoms with Gasteiger partial charge in [-0.15, -0.1) is 12.2 Å². The fraction of sp³-hybridized carbons (Fsp3) is 0.263. The number of oxazole rings is 1. The van der Waals surface area contributed by atoms with Crippen LogP contribution in [0.5, 0.6) is 0 Å². The first-order chi connectivity index (χ1) is 12.4. The Bertz CT molecular complexity index is 881. The van der Waals surface area contributed by atoms with E-state index in [9.17, 15) is 18.7 Å². The van der Waals surface area contributed by atoms with Crippen molar-refractivity contribution in [2.45, 2.75) is 19.9 Å². The van der Waals surface area contributed by atoms with E-state index in [4.69, 9.17) is 4.42 Å². The SMILES string of the molecule is CC(CC[O-])Cn1c(=O)oc2ccc(-c3cc[c-]cc3)cc21.F[C-](F)I.[U+2]. The molecule has 1 heterocycles. The molecule has 0 bridgehead atoms. The third-order valence-electron chi connectivity index (χ3n) is 3.82. The predicted molar refractivity (Wildman–Crippen MR) is 103 cm³/mol. The molecule has 3 rings (SSSR count). The molecule has 0 aliphatic rings. The summed E-state index contributed by atoms with van der Waals surface area (Å²) in [5.74, 6) is -0.225. The van der Waals surface area contributed by atoms with Gasteiger partial charge in [0.25, 0.3) is 0 Å². The minimum atomic E-state index is -1.61. The molecule has 0 N–H and O–H groups in total. The molecule has 1 atom stereocenters. The van der Waals surface area contributed by atoms with E-state index in [1.54, 1.807) is 4.57 Å².